The van der Waals surface area contributed by atoms with Crippen LogP contribution in [0.25, 0.3) is 0 Å². The minimum absolute atomic E-state index is 0.0230. The highest BCUT2D eigenvalue weighted by Crippen LogP contribution is 2.60. The Kier molecular flexibility index (Phi) is 8.36. The van der Waals surface area contributed by atoms with E-state index in [0.717, 1.165) is 38.6 Å². The van der Waals surface area contributed by atoms with E-state index in [9.17, 15) is 4.79 Å². The van der Waals surface area contributed by atoms with Crippen LogP contribution in [0.15, 0.2) is 47.2 Å². The van der Waals surface area contributed by atoms with E-state index in [4.69, 9.17) is 0 Å². The first-order chi connectivity index (χ1) is 14.3. The molecule has 0 aromatic rings. The Morgan fingerprint density at radius 1 is 1.27 bits per heavy atom. The van der Waals surface area contributed by atoms with Crippen molar-refractivity contribution in [1.29, 1.82) is 0 Å². The molecule has 2 atom stereocenters. The Morgan fingerprint density at radius 3 is 2.60 bits per heavy atom. The van der Waals surface area contributed by atoms with Crippen LogP contribution in [0, 0.1) is 10.8 Å². The Hall–Kier alpha value is -2.01. The fourth-order valence-corrected chi connectivity index (χ4v) is 5.47. The summed E-state index contributed by atoms with van der Waals surface area (Å²) in [6, 6.07) is -0.00160. The van der Waals surface area contributed by atoms with Gasteiger partial charge in [-0.25, -0.2) is 4.79 Å². The highest BCUT2D eigenvalue weighted by molar-refractivity contribution is 5.74. The maximum Gasteiger partial charge on any atom is 0.315 e. The molecule has 0 heterocycles. The molecular formula is C25H42N4O. The largest absolute Gasteiger partial charge is 0.388 e. The van der Waals surface area contributed by atoms with E-state index in [1.54, 1.807) is 0 Å². The van der Waals surface area contributed by atoms with Crippen LogP contribution in [0.3, 0.4) is 0 Å². The highest BCUT2D eigenvalue weighted by Gasteiger charge is 2.50. The van der Waals surface area contributed by atoms with Crippen LogP contribution in [0.2, 0.25) is 0 Å². The third-order valence-electron chi connectivity index (χ3n) is 7.02. The number of nitrogens with one attached hydrogen (secondary N) is 4. The molecule has 0 saturated heterocycles. The normalized spacial score (nSPS) is 23.9. The zero-order valence-corrected chi connectivity index (χ0v) is 19.9. The predicted molar refractivity (Wildman–Crippen MR) is 127 cm³/mol. The molecular weight excluding hydrogens is 372 g/mol. The topological polar surface area (TPSA) is 65.2 Å². The first-order valence-corrected chi connectivity index (χ1v) is 11.4. The van der Waals surface area contributed by atoms with Crippen LogP contribution in [0.4, 0.5) is 4.79 Å². The molecule has 30 heavy (non-hydrogen) atoms. The smallest absolute Gasteiger partial charge is 0.315 e. The van der Waals surface area contributed by atoms with Crippen molar-refractivity contribution >= 4 is 6.03 Å². The molecule has 2 amide bonds. The van der Waals surface area contributed by atoms with Crippen molar-refractivity contribution < 1.29 is 4.79 Å². The molecule has 0 bridgehead atoms. The maximum atomic E-state index is 12.2. The molecule has 4 N–H and O–H groups in total. The molecule has 0 radical (unpaired) electrons. The van der Waals surface area contributed by atoms with Gasteiger partial charge in [0.2, 0.25) is 0 Å². The van der Waals surface area contributed by atoms with Crippen molar-refractivity contribution in [2.24, 2.45) is 10.8 Å². The number of carbonyl (C=O) groups is 1. The first-order valence-electron chi connectivity index (χ1n) is 11.4. The van der Waals surface area contributed by atoms with Crippen molar-refractivity contribution in [2.75, 3.05) is 27.2 Å². The number of rotatable bonds is 9. The van der Waals surface area contributed by atoms with Gasteiger partial charge >= 0.3 is 6.03 Å². The Labute approximate surface area is 183 Å². The third kappa shape index (κ3) is 4.83. The van der Waals surface area contributed by atoms with Crippen molar-refractivity contribution in [3.05, 3.63) is 47.2 Å². The van der Waals surface area contributed by atoms with Crippen molar-refractivity contribution in [3.63, 3.8) is 0 Å². The van der Waals surface area contributed by atoms with E-state index < -0.39 is 0 Å². The molecule has 5 nitrogen and oxygen atoms in total. The Morgan fingerprint density at radius 2 is 2.00 bits per heavy atom. The van der Waals surface area contributed by atoms with E-state index in [1.165, 1.54) is 22.4 Å². The van der Waals surface area contributed by atoms with Gasteiger partial charge in [-0.1, -0.05) is 45.6 Å². The number of hydrogen-bond acceptors (Lipinski definition) is 3. The molecule has 5 heteroatoms. The van der Waals surface area contributed by atoms with Crippen molar-refractivity contribution in [2.45, 2.75) is 65.8 Å². The average Bonchev–Trinajstić information content (AvgIpc) is 2.91. The summed E-state index contributed by atoms with van der Waals surface area (Å²) in [4.78, 5) is 12.2. The zero-order chi connectivity index (χ0) is 22.4. The number of likely N-dealkylation sites (N-methyl/N-ethyl adjacent to an activating group) is 2. The second kappa shape index (κ2) is 10.3. The number of carbonyl (C=O) groups excluding carboxylic acids is 1. The van der Waals surface area contributed by atoms with Crippen LogP contribution in [0.5, 0.6) is 0 Å². The van der Waals surface area contributed by atoms with Crippen LogP contribution in [-0.2, 0) is 0 Å². The van der Waals surface area contributed by atoms with Crippen molar-refractivity contribution in [1.82, 2.24) is 21.3 Å². The molecule has 0 aromatic carbocycles. The van der Waals surface area contributed by atoms with Crippen LogP contribution in [0.1, 0.15) is 59.8 Å². The van der Waals surface area contributed by atoms with Gasteiger partial charge in [-0.3, -0.25) is 0 Å². The molecule has 2 aliphatic carbocycles. The van der Waals surface area contributed by atoms with Gasteiger partial charge in [0.1, 0.15) is 0 Å². The molecule has 0 fully saturated rings. The molecule has 2 aliphatic rings. The van der Waals surface area contributed by atoms with Gasteiger partial charge in [0.15, 0.2) is 0 Å². The number of amides is 2. The quantitative estimate of drug-likeness (QED) is 0.452. The number of urea groups is 1. The predicted octanol–water partition coefficient (Wildman–Crippen LogP) is 4.42. The lowest BCUT2D eigenvalue weighted by molar-refractivity contribution is 0.0818. The van der Waals surface area contributed by atoms with Gasteiger partial charge in [-0.15, -0.1) is 0 Å². The van der Waals surface area contributed by atoms with E-state index in [-0.39, 0.29) is 22.9 Å². The van der Waals surface area contributed by atoms with E-state index in [0.29, 0.717) is 6.54 Å². The fourth-order valence-electron chi connectivity index (χ4n) is 5.47. The van der Waals surface area contributed by atoms with Gasteiger partial charge in [0, 0.05) is 42.9 Å². The fraction of sp³-hybridized carbons (Fsp3) is 0.640. The average molecular weight is 415 g/mol. The molecule has 2 rings (SSSR count). The summed E-state index contributed by atoms with van der Waals surface area (Å²) in [5, 5.41) is 12.7. The second-order valence-electron chi connectivity index (χ2n) is 9.19. The van der Waals surface area contributed by atoms with Gasteiger partial charge in [0.25, 0.3) is 0 Å². The SMILES string of the molecule is C=C1CC(C)(C)[C@](CC)(CC[C@@H](CNC)NC(=O)NCC)C2=C1C(NC)=CCC=C2. The molecule has 0 spiro atoms. The van der Waals surface area contributed by atoms with E-state index in [1.807, 2.05) is 21.0 Å². The van der Waals surface area contributed by atoms with Crippen LogP contribution < -0.4 is 21.3 Å². The summed E-state index contributed by atoms with van der Waals surface area (Å²) in [5.74, 6) is 0. The van der Waals surface area contributed by atoms with Gasteiger partial charge in [0.05, 0.1) is 0 Å². The monoisotopic (exact) mass is 414 g/mol. The number of allylic oxidation sites excluding steroid dienone is 5. The second-order valence-corrected chi connectivity index (χ2v) is 9.19. The van der Waals surface area contributed by atoms with Gasteiger partial charge < -0.3 is 21.3 Å². The van der Waals surface area contributed by atoms with Gasteiger partial charge in [-0.2, -0.15) is 0 Å². The van der Waals surface area contributed by atoms with E-state index >= 15 is 0 Å². The summed E-state index contributed by atoms with van der Waals surface area (Å²) < 4.78 is 0. The lowest BCUT2D eigenvalue weighted by atomic mass is 9.51. The summed E-state index contributed by atoms with van der Waals surface area (Å²) >= 11 is 0. The van der Waals surface area contributed by atoms with Gasteiger partial charge in [-0.05, 0) is 62.6 Å². The standard InChI is InChI=1S/C25H42N4O/c1-8-25(15-14-19(17-26-6)29-23(30)28-9-2)20-12-10-11-13-21(27-7)22(20)18(3)16-24(25,4)5/h10,12-13,19,26-27H,3,8-9,11,14-17H2,1-2,4-7H3,(H2,28,29,30)/t19-,25+/m0/s1. The first kappa shape index (κ1) is 24.3. The molecule has 0 aliphatic heterocycles. The van der Waals surface area contributed by atoms with Crippen LogP contribution in [-0.4, -0.2) is 39.3 Å². The summed E-state index contributed by atoms with van der Waals surface area (Å²) in [7, 11) is 3.94. The minimum atomic E-state index is -0.0887. The maximum absolute atomic E-state index is 12.2. The molecule has 0 saturated carbocycles. The summed E-state index contributed by atoms with van der Waals surface area (Å²) in [6.07, 6.45) is 11.8. The molecule has 168 valence electrons. The molecule has 0 unspecified atom stereocenters. The lowest BCUT2D eigenvalue weighted by Gasteiger charge is -2.53. The summed E-state index contributed by atoms with van der Waals surface area (Å²) in [5.41, 5.74) is 5.23. The number of hydrogen-bond donors (Lipinski definition) is 4. The molecule has 0 aromatic heterocycles. The lowest BCUT2D eigenvalue weighted by Crippen LogP contribution is -2.48. The van der Waals surface area contributed by atoms with Crippen LogP contribution >= 0.6 is 0 Å². The Bertz CT molecular complexity index is 731. The van der Waals surface area contributed by atoms with E-state index in [2.05, 4.69) is 66.8 Å². The Balaban J connectivity index is 2.43. The third-order valence-corrected chi connectivity index (χ3v) is 7.02. The van der Waals surface area contributed by atoms with Crippen molar-refractivity contribution in [3.8, 4) is 0 Å². The minimum Gasteiger partial charge on any atom is -0.388 e. The summed E-state index contributed by atoms with van der Waals surface area (Å²) in [6.45, 7) is 14.9. The highest BCUT2D eigenvalue weighted by atomic mass is 16.2. The zero-order valence-electron chi connectivity index (χ0n) is 19.9.